The third-order valence-electron chi connectivity index (χ3n) is 5.39. The number of hydrogen-bond donors (Lipinski definition) is 2. The normalized spacial score (nSPS) is 15.2. The fourth-order valence-electron chi connectivity index (χ4n) is 3.65. The maximum absolute atomic E-state index is 14.8. The molecule has 1 aliphatic heterocycles. The number of hydrogen-bond acceptors (Lipinski definition) is 4. The molecule has 0 spiro atoms. The quantitative estimate of drug-likeness (QED) is 0.399. The van der Waals surface area contributed by atoms with Crippen molar-refractivity contribution in [3.05, 3.63) is 52.3 Å². The summed E-state index contributed by atoms with van der Waals surface area (Å²) in [6.45, 7) is 4.43. The zero-order chi connectivity index (χ0) is 23.6. The molecule has 3 aromatic rings. The summed E-state index contributed by atoms with van der Waals surface area (Å²) in [5.74, 6) is -1.13. The summed E-state index contributed by atoms with van der Waals surface area (Å²) >= 11 is 5.95. The molecule has 0 saturated carbocycles. The van der Waals surface area contributed by atoms with E-state index < -0.39 is 23.5 Å². The van der Waals surface area contributed by atoms with Gasteiger partial charge in [0, 0.05) is 25.2 Å². The lowest BCUT2D eigenvalue weighted by atomic mass is 10.1. The lowest BCUT2D eigenvalue weighted by molar-refractivity contribution is -0.137. The van der Waals surface area contributed by atoms with E-state index in [2.05, 4.69) is 20.2 Å². The highest BCUT2D eigenvalue weighted by molar-refractivity contribution is 6.35. The lowest BCUT2D eigenvalue weighted by Crippen LogP contribution is -2.38. The summed E-state index contributed by atoms with van der Waals surface area (Å²) in [6, 6.07) is 5.51. The van der Waals surface area contributed by atoms with Gasteiger partial charge in [-0.2, -0.15) is 13.2 Å². The maximum Gasteiger partial charge on any atom is 0.416 e. The van der Waals surface area contributed by atoms with Gasteiger partial charge in [-0.25, -0.2) is 9.37 Å². The Morgan fingerprint density at radius 3 is 2.67 bits per heavy atom. The molecule has 6 nitrogen and oxygen atoms in total. The Bertz CT molecular complexity index is 1160. The number of nitrogens with one attached hydrogen (secondary N) is 2. The number of aromatic nitrogens is 2. The molecule has 1 fully saturated rings. The fraction of sp³-hybridized carbons (Fsp3) is 0.364. The first-order chi connectivity index (χ1) is 15.7. The first-order valence-electron chi connectivity index (χ1n) is 10.4. The first-order valence-corrected chi connectivity index (χ1v) is 10.7. The number of aromatic amines is 1. The summed E-state index contributed by atoms with van der Waals surface area (Å²) in [5.41, 5.74) is -0.653. The van der Waals surface area contributed by atoms with Crippen LogP contribution in [-0.4, -0.2) is 60.2 Å². The third-order valence-corrected chi connectivity index (χ3v) is 5.68. The van der Waals surface area contributed by atoms with Crippen LogP contribution in [0.15, 0.2) is 30.3 Å². The zero-order valence-electron chi connectivity index (χ0n) is 17.4. The average Bonchev–Trinajstić information content (AvgIpc) is 3.21. The molecule has 0 radical (unpaired) electrons. The number of fused-ring (bicyclic) bond motifs is 1. The van der Waals surface area contributed by atoms with Crippen molar-refractivity contribution >= 4 is 28.5 Å². The molecule has 0 bridgehead atoms. The molecular formula is C22H21ClF4N4O2. The second-order valence-electron chi connectivity index (χ2n) is 7.70. The molecule has 1 amide bonds. The number of ether oxygens (including phenoxy) is 1. The van der Waals surface area contributed by atoms with Crippen LogP contribution in [0.25, 0.3) is 22.4 Å². The Hall–Kier alpha value is -2.69. The number of imidazole rings is 1. The molecule has 2 heterocycles. The number of halogens is 5. The Balaban J connectivity index is 1.44. The van der Waals surface area contributed by atoms with Crippen molar-refractivity contribution in [1.29, 1.82) is 0 Å². The number of amides is 1. The van der Waals surface area contributed by atoms with Crippen LogP contribution in [0.1, 0.15) is 22.3 Å². The highest BCUT2D eigenvalue weighted by Gasteiger charge is 2.32. The SMILES string of the molecule is O=C(NCCCN1CCOCC1)c1ccc(-c2nc3c(Cl)cc(C(F)(F)F)cc3[nH]2)c(F)c1. The van der Waals surface area contributed by atoms with Gasteiger partial charge in [-0.15, -0.1) is 0 Å². The fourth-order valence-corrected chi connectivity index (χ4v) is 3.91. The van der Waals surface area contributed by atoms with Gasteiger partial charge in [-0.3, -0.25) is 9.69 Å². The summed E-state index contributed by atoms with van der Waals surface area (Å²) < 4.78 is 59.1. The van der Waals surface area contributed by atoms with E-state index in [0.29, 0.717) is 19.8 Å². The van der Waals surface area contributed by atoms with Gasteiger partial charge in [-0.05, 0) is 43.3 Å². The van der Waals surface area contributed by atoms with E-state index in [9.17, 15) is 22.4 Å². The van der Waals surface area contributed by atoms with Crippen LogP contribution in [0.2, 0.25) is 5.02 Å². The Labute approximate surface area is 191 Å². The van der Waals surface area contributed by atoms with Crippen molar-refractivity contribution < 1.29 is 27.1 Å². The van der Waals surface area contributed by atoms with Crippen LogP contribution in [0, 0.1) is 5.82 Å². The van der Waals surface area contributed by atoms with E-state index in [4.69, 9.17) is 16.3 Å². The van der Waals surface area contributed by atoms with Gasteiger partial charge in [0.05, 0.1) is 34.9 Å². The summed E-state index contributed by atoms with van der Waals surface area (Å²) in [7, 11) is 0. The van der Waals surface area contributed by atoms with Gasteiger partial charge in [0.15, 0.2) is 0 Å². The molecule has 1 aromatic heterocycles. The number of morpholine rings is 1. The topological polar surface area (TPSA) is 70.2 Å². The predicted octanol–water partition coefficient (Wildman–Crippen LogP) is 4.49. The van der Waals surface area contributed by atoms with Crippen molar-refractivity contribution in [3.8, 4) is 11.4 Å². The van der Waals surface area contributed by atoms with Crippen LogP contribution in [0.5, 0.6) is 0 Å². The van der Waals surface area contributed by atoms with E-state index in [0.717, 1.165) is 44.3 Å². The van der Waals surface area contributed by atoms with Crippen LogP contribution in [0.3, 0.4) is 0 Å². The molecule has 33 heavy (non-hydrogen) atoms. The number of H-pyrrole nitrogens is 1. The molecule has 0 aliphatic carbocycles. The zero-order valence-corrected chi connectivity index (χ0v) is 18.2. The summed E-state index contributed by atoms with van der Waals surface area (Å²) in [4.78, 5) is 21.4. The number of nitrogens with zero attached hydrogens (tertiary/aromatic N) is 2. The number of rotatable bonds is 6. The third kappa shape index (κ3) is 5.45. The second-order valence-corrected chi connectivity index (χ2v) is 8.10. The van der Waals surface area contributed by atoms with Crippen molar-refractivity contribution in [2.45, 2.75) is 12.6 Å². The van der Waals surface area contributed by atoms with Gasteiger partial charge < -0.3 is 15.0 Å². The summed E-state index contributed by atoms with van der Waals surface area (Å²) in [5, 5.41) is 2.57. The standard InChI is InChI=1S/C22H21ClF4N4O2/c23-16-11-14(22(25,26)27)12-18-19(16)30-20(29-18)15-3-2-13(10-17(15)24)21(32)28-4-1-5-31-6-8-33-9-7-31/h2-3,10-12H,1,4-9H2,(H,28,32)(H,29,30). The predicted molar refractivity (Wildman–Crippen MR) is 116 cm³/mol. The molecule has 0 atom stereocenters. The minimum atomic E-state index is -4.58. The van der Waals surface area contributed by atoms with E-state index in [1.807, 2.05) is 0 Å². The molecule has 0 unspecified atom stereocenters. The minimum absolute atomic E-state index is 0.0136. The smallest absolute Gasteiger partial charge is 0.379 e. The van der Waals surface area contributed by atoms with Gasteiger partial charge in [0.1, 0.15) is 17.2 Å². The molecule has 1 aliphatic rings. The number of carbonyl (C=O) groups is 1. The van der Waals surface area contributed by atoms with Crippen molar-refractivity contribution in [2.75, 3.05) is 39.4 Å². The number of carbonyl (C=O) groups excluding carboxylic acids is 1. The molecular weight excluding hydrogens is 464 g/mol. The van der Waals surface area contributed by atoms with Gasteiger partial charge in [0.25, 0.3) is 5.91 Å². The van der Waals surface area contributed by atoms with Crippen molar-refractivity contribution in [3.63, 3.8) is 0 Å². The van der Waals surface area contributed by atoms with Crippen LogP contribution in [0.4, 0.5) is 17.6 Å². The van der Waals surface area contributed by atoms with E-state index in [1.165, 1.54) is 12.1 Å². The Morgan fingerprint density at radius 1 is 1.21 bits per heavy atom. The monoisotopic (exact) mass is 484 g/mol. The summed E-state index contributed by atoms with van der Waals surface area (Å²) in [6.07, 6.45) is -3.82. The Kier molecular flexibility index (Phi) is 6.87. The molecule has 11 heteroatoms. The van der Waals surface area contributed by atoms with E-state index >= 15 is 0 Å². The number of alkyl halides is 3. The molecule has 176 valence electrons. The first kappa shape index (κ1) is 23.5. The maximum atomic E-state index is 14.8. The lowest BCUT2D eigenvalue weighted by Gasteiger charge is -2.26. The second kappa shape index (κ2) is 9.66. The molecule has 4 rings (SSSR count). The van der Waals surface area contributed by atoms with E-state index in [-0.39, 0.29) is 33.0 Å². The average molecular weight is 485 g/mol. The highest BCUT2D eigenvalue weighted by atomic mass is 35.5. The highest BCUT2D eigenvalue weighted by Crippen LogP contribution is 2.35. The van der Waals surface area contributed by atoms with Gasteiger partial charge in [0.2, 0.25) is 0 Å². The molecule has 2 N–H and O–H groups in total. The van der Waals surface area contributed by atoms with Gasteiger partial charge in [-0.1, -0.05) is 11.6 Å². The van der Waals surface area contributed by atoms with Crippen molar-refractivity contribution in [2.24, 2.45) is 0 Å². The molecule has 2 aromatic carbocycles. The molecule has 1 saturated heterocycles. The van der Waals surface area contributed by atoms with Crippen LogP contribution < -0.4 is 5.32 Å². The largest absolute Gasteiger partial charge is 0.416 e. The van der Waals surface area contributed by atoms with Crippen LogP contribution >= 0.6 is 11.6 Å². The van der Waals surface area contributed by atoms with E-state index in [1.54, 1.807) is 0 Å². The van der Waals surface area contributed by atoms with Crippen molar-refractivity contribution in [1.82, 2.24) is 20.2 Å². The minimum Gasteiger partial charge on any atom is -0.379 e. The van der Waals surface area contributed by atoms with Gasteiger partial charge >= 0.3 is 6.18 Å². The Morgan fingerprint density at radius 2 is 1.97 bits per heavy atom. The van der Waals surface area contributed by atoms with Crippen LogP contribution in [-0.2, 0) is 10.9 Å². The number of benzene rings is 2.